The molecular formula is C16H27BO3Si. The van der Waals surface area contributed by atoms with Crippen LogP contribution in [0, 0.1) is 6.92 Å². The van der Waals surface area contributed by atoms with E-state index in [1.54, 1.807) is 0 Å². The Bertz CT molecular complexity index is 519. The van der Waals surface area contributed by atoms with Gasteiger partial charge in [0, 0.05) is 0 Å². The Hall–Kier alpha value is -0.778. The topological polar surface area (TPSA) is 27.7 Å². The molecule has 2 rings (SSSR count). The smallest absolute Gasteiger partial charge is 0.495 e. The van der Waals surface area contributed by atoms with Crippen LogP contribution in [-0.4, -0.2) is 26.6 Å². The fourth-order valence-electron chi connectivity index (χ4n) is 2.30. The highest BCUT2D eigenvalue weighted by atomic mass is 28.4. The van der Waals surface area contributed by atoms with Gasteiger partial charge in [-0.3, -0.25) is 0 Å². The zero-order chi connectivity index (χ0) is 16.1. The van der Waals surface area contributed by atoms with E-state index in [2.05, 4.69) is 60.3 Å². The Balaban J connectivity index is 2.33. The third kappa shape index (κ3) is 3.36. The van der Waals surface area contributed by atoms with Gasteiger partial charge in [-0.05, 0) is 71.4 Å². The van der Waals surface area contributed by atoms with E-state index in [-0.39, 0.29) is 18.3 Å². The second kappa shape index (κ2) is 5.14. The Kier molecular flexibility index (Phi) is 4.06. The Morgan fingerprint density at radius 1 is 1.00 bits per heavy atom. The molecule has 0 aromatic heterocycles. The summed E-state index contributed by atoms with van der Waals surface area (Å²) in [6.07, 6.45) is 0. The molecule has 0 unspecified atom stereocenters. The lowest BCUT2D eigenvalue weighted by Crippen LogP contribution is -2.41. The minimum atomic E-state index is -1.63. The highest BCUT2D eigenvalue weighted by Crippen LogP contribution is 2.37. The maximum Gasteiger partial charge on any atom is 0.495 e. The van der Waals surface area contributed by atoms with E-state index in [1.807, 2.05) is 12.1 Å². The molecule has 0 atom stereocenters. The van der Waals surface area contributed by atoms with Crippen LogP contribution in [0.15, 0.2) is 18.2 Å². The summed E-state index contributed by atoms with van der Waals surface area (Å²) in [7, 11) is -1.96. The maximum absolute atomic E-state index is 6.16. The van der Waals surface area contributed by atoms with Gasteiger partial charge in [-0.1, -0.05) is 12.1 Å². The molecule has 1 saturated heterocycles. The molecule has 1 heterocycles. The summed E-state index contributed by atoms with van der Waals surface area (Å²) in [5.74, 6) is 0.946. The fraction of sp³-hybridized carbons (Fsp3) is 0.625. The fourth-order valence-corrected chi connectivity index (χ4v) is 3.18. The molecule has 0 N–H and O–H groups in total. The van der Waals surface area contributed by atoms with Crippen molar-refractivity contribution in [3.8, 4) is 5.75 Å². The summed E-state index contributed by atoms with van der Waals surface area (Å²) in [5.41, 5.74) is 1.53. The van der Waals surface area contributed by atoms with Gasteiger partial charge in [-0.2, -0.15) is 0 Å². The average molecular weight is 306 g/mol. The Labute approximate surface area is 130 Å². The molecule has 0 radical (unpaired) electrons. The van der Waals surface area contributed by atoms with Crippen LogP contribution >= 0.6 is 0 Å². The van der Waals surface area contributed by atoms with E-state index >= 15 is 0 Å². The van der Waals surface area contributed by atoms with Gasteiger partial charge in [0.15, 0.2) is 0 Å². The minimum absolute atomic E-state index is 0.320. The number of benzene rings is 1. The molecule has 21 heavy (non-hydrogen) atoms. The monoisotopic (exact) mass is 306 g/mol. The summed E-state index contributed by atoms with van der Waals surface area (Å²) in [6.45, 7) is 16.9. The third-order valence-corrected chi connectivity index (χ3v) is 5.08. The van der Waals surface area contributed by atoms with Crippen molar-refractivity contribution >= 4 is 20.9 Å². The quantitative estimate of drug-likeness (QED) is 0.800. The van der Waals surface area contributed by atoms with E-state index in [1.165, 1.54) is 0 Å². The van der Waals surface area contributed by atoms with Crippen molar-refractivity contribution in [1.29, 1.82) is 0 Å². The first kappa shape index (κ1) is 16.6. The van der Waals surface area contributed by atoms with Gasteiger partial charge in [-0.25, -0.2) is 0 Å². The SMILES string of the molecule is Cc1c(O[Si](C)(C)C)cccc1B1OC(C)(C)C(C)(C)O1. The summed E-state index contributed by atoms with van der Waals surface area (Å²) in [4.78, 5) is 0. The zero-order valence-corrected chi connectivity index (χ0v) is 15.5. The molecule has 1 aliphatic rings. The molecule has 0 aliphatic carbocycles. The molecule has 116 valence electrons. The standard InChI is InChI=1S/C16H27BO3Si/c1-12-13(10-9-11-14(12)18-21(6,7)8)17-19-15(2,3)16(4,5)20-17/h9-11H,1-8H3. The zero-order valence-electron chi connectivity index (χ0n) is 14.5. The van der Waals surface area contributed by atoms with Crippen LogP contribution in [0.2, 0.25) is 19.6 Å². The predicted molar refractivity (Wildman–Crippen MR) is 90.9 cm³/mol. The molecule has 1 fully saturated rings. The molecule has 0 amide bonds. The summed E-state index contributed by atoms with van der Waals surface area (Å²) < 4.78 is 18.5. The summed E-state index contributed by atoms with van der Waals surface area (Å²) in [6, 6.07) is 6.11. The minimum Gasteiger partial charge on any atom is -0.544 e. The van der Waals surface area contributed by atoms with Crippen molar-refractivity contribution in [2.24, 2.45) is 0 Å². The number of hydrogen-bond donors (Lipinski definition) is 0. The van der Waals surface area contributed by atoms with Crippen molar-refractivity contribution in [3.63, 3.8) is 0 Å². The van der Waals surface area contributed by atoms with E-state index in [9.17, 15) is 0 Å². The first-order valence-corrected chi connectivity index (χ1v) is 11.0. The largest absolute Gasteiger partial charge is 0.544 e. The molecule has 3 nitrogen and oxygen atoms in total. The first-order chi connectivity index (χ1) is 9.43. The molecule has 1 aliphatic heterocycles. The van der Waals surface area contributed by atoms with E-state index in [0.717, 1.165) is 16.8 Å². The van der Waals surface area contributed by atoms with Crippen molar-refractivity contribution in [2.45, 2.75) is 65.5 Å². The Morgan fingerprint density at radius 3 is 2.00 bits per heavy atom. The highest BCUT2D eigenvalue weighted by Gasteiger charge is 2.52. The molecular weight excluding hydrogens is 279 g/mol. The second-order valence-corrected chi connectivity index (χ2v) is 12.2. The molecule has 1 aromatic rings. The van der Waals surface area contributed by atoms with Gasteiger partial charge in [0.25, 0.3) is 0 Å². The normalized spacial score (nSPS) is 20.7. The van der Waals surface area contributed by atoms with Crippen LogP contribution < -0.4 is 9.89 Å². The van der Waals surface area contributed by atoms with Crippen LogP contribution in [-0.2, 0) is 9.31 Å². The van der Waals surface area contributed by atoms with Gasteiger partial charge in [0.1, 0.15) is 5.75 Å². The van der Waals surface area contributed by atoms with E-state index in [0.29, 0.717) is 0 Å². The van der Waals surface area contributed by atoms with Gasteiger partial charge in [-0.15, -0.1) is 0 Å². The second-order valence-electron chi connectivity index (χ2n) is 7.77. The molecule has 1 aromatic carbocycles. The maximum atomic E-state index is 6.16. The van der Waals surface area contributed by atoms with Crippen LogP contribution in [0.3, 0.4) is 0 Å². The van der Waals surface area contributed by atoms with Crippen molar-refractivity contribution in [2.75, 3.05) is 0 Å². The first-order valence-electron chi connectivity index (χ1n) is 7.57. The Morgan fingerprint density at radius 2 is 1.52 bits per heavy atom. The van der Waals surface area contributed by atoms with Crippen LogP contribution in [0.5, 0.6) is 5.75 Å². The van der Waals surface area contributed by atoms with Gasteiger partial charge in [0.2, 0.25) is 8.32 Å². The van der Waals surface area contributed by atoms with Crippen molar-refractivity contribution in [3.05, 3.63) is 23.8 Å². The van der Waals surface area contributed by atoms with E-state index < -0.39 is 8.32 Å². The molecule has 0 spiro atoms. The summed E-state index contributed by atoms with van der Waals surface area (Å²) in [5, 5.41) is 0. The van der Waals surface area contributed by atoms with Crippen molar-refractivity contribution in [1.82, 2.24) is 0 Å². The van der Waals surface area contributed by atoms with Gasteiger partial charge in [0.05, 0.1) is 11.2 Å². The third-order valence-electron chi connectivity index (χ3n) is 4.25. The molecule has 0 bridgehead atoms. The van der Waals surface area contributed by atoms with Gasteiger partial charge < -0.3 is 13.7 Å². The molecule has 0 saturated carbocycles. The van der Waals surface area contributed by atoms with Crippen LogP contribution in [0.1, 0.15) is 33.3 Å². The van der Waals surface area contributed by atoms with Gasteiger partial charge >= 0.3 is 7.12 Å². The molecule has 5 heteroatoms. The van der Waals surface area contributed by atoms with E-state index in [4.69, 9.17) is 13.7 Å². The lowest BCUT2D eigenvalue weighted by atomic mass is 9.76. The number of rotatable bonds is 3. The van der Waals surface area contributed by atoms with Crippen LogP contribution in [0.4, 0.5) is 0 Å². The number of hydrogen-bond acceptors (Lipinski definition) is 3. The average Bonchev–Trinajstić information content (AvgIpc) is 2.49. The van der Waals surface area contributed by atoms with Crippen molar-refractivity contribution < 1.29 is 13.7 Å². The predicted octanol–water partition coefficient (Wildman–Crippen LogP) is 3.51. The lowest BCUT2D eigenvalue weighted by molar-refractivity contribution is 0.00578. The summed E-state index contributed by atoms with van der Waals surface area (Å²) >= 11 is 0. The van der Waals surface area contributed by atoms with Crippen LogP contribution in [0.25, 0.3) is 0 Å². The highest BCUT2D eigenvalue weighted by molar-refractivity contribution is 6.70. The lowest BCUT2D eigenvalue weighted by Gasteiger charge is -2.32.